The fourth-order valence-corrected chi connectivity index (χ4v) is 3.07. The minimum Gasteiger partial charge on any atom is -0.479 e. The summed E-state index contributed by atoms with van der Waals surface area (Å²) in [5.41, 5.74) is 1.34. The molecule has 1 aromatic heterocycles. The molecule has 7 nitrogen and oxygen atoms in total. The molecule has 1 aromatic carbocycles. The van der Waals surface area contributed by atoms with E-state index in [2.05, 4.69) is 10.3 Å². The smallest absolute Gasteiger partial charge is 0.304 e. The quantitative estimate of drug-likeness (QED) is 0.852. The van der Waals surface area contributed by atoms with Crippen LogP contribution in [0.4, 0.5) is 5.69 Å². The number of nitrogens with zero attached hydrogens (tertiary/aromatic N) is 1. The maximum atomic E-state index is 12.3. The lowest BCUT2D eigenvalue weighted by Crippen LogP contribution is -2.45. The number of fused-ring (bicyclic) bond motifs is 1. The minimum absolute atomic E-state index is 0.149. The number of ether oxygens (including phenoxy) is 1. The van der Waals surface area contributed by atoms with Crippen LogP contribution in [0.5, 0.6) is 5.75 Å². The Labute approximate surface area is 142 Å². The third-order valence-corrected chi connectivity index (χ3v) is 4.40. The van der Waals surface area contributed by atoms with Gasteiger partial charge in [0.05, 0.1) is 12.2 Å². The first-order valence-corrected chi connectivity index (χ1v) is 8.43. The Kier molecular flexibility index (Phi) is 4.66. The third kappa shape index (κ3) is 3.48. The van der Waals surface area contributed by atoms with Gasteiger partial charge < -0.3 is 19.9 Å². The molecule has 0 fully saturated rings. The molecule has 126 valence electrons. The predicted octanol–water partition coefficient (Wildman–Crippen LogP) is 1.26. The number of aromatic nitrogens is 1. The molecule has 0 saturated carbocycles. The van der Waals surface area contributed by atoms with E-state index in [1.165, 1.54) is 0 Å². The zero-order chi connectivity index (χ0) is 17.1. The summed E-state index contributed by atoms with van der Waals surface area (Å²) in [6, 6.07) is 7.27. The highest BCUT2D eigenvalue weighted by Gasteiger charge is 2.31. The second-order valence-electron chi connectivity index (χ2n) is 5.42. The van der Waals surface area contributed by atoms with Crippen molar-refractivity contribution in [2.45, 2.75) is 26.0 Å². The Morgan fingerprint density at radius 3 is 2.92 bits per heavy atom. The number of para-hydroxylation sites is 2. The van der Waals surface area contributed by atoms with Crippen LogP contribution in [-0.4, -0.2) is 29.4 Å². The molecule has 1 aliphatic rings. The number of benzene rings is 1. The molecule has 0 saturated heterocycles. The van der Waals surface area contributed by atoms with Crippen LogP contribution in [-0.2, 0) is 16.1 Å². The first kappa shape index (κ1) is 16.3. The number of rotatable bonds is 5. The highest BCUT2D eigenvalue weighted by molar-refractivity contribution is 7.07. The standard InChI is InChI=1S/C16H17N3O4S/c1-10-15(21)19(12-4-2-3-5-13(12)23-10)7-6-14(20)17-8-11-9-24-16(22)18-11/h2-5,9-10H,6-8H2,1H3,(H,17,20)(H,18,22)/t10-/m1/s1. The molecule has 1 aliphatic heterocycles. The summed E-state index contributed by atoms with van der Waals surface area (Å²) < 4.78 is 5.56. The second-order valence-corrected chi connectivity index (χ2v) is 6.26. The molecule has 0 unspecified atom stereocenters. The molecule has 24 heavy (non-hydrogen) atoms. The van der Waals surface area contributed by atoms with Gasteiger partial charge in [0.1, 0.15) is 5.75 Å². The number of H-pyrrole nitrogens is 1. The van der Waals surface area contributed by atoms with E-state index in [0.717, 1.165) is 11.3 Å². The number of thiazole rings is 1. The zero-order valence-corrected chi connectivity index (χ0v) is 13.9. The van der Waals surface area contributed by atoms with Gasteiger partial charge in [0.2, 0.25) is 5.91 Å². The normalized spacial score (nSPS) is 16.5. The van der Waals surface area contributed by atoms with Gasteiger partial charge in [-0.3, -0.25) is 14.4 Å². The lowest BCUT2D eigenvalue weighted by atomic mass is 10.1. The first-order valence-electron chi connectivity index (χ1n) is 7.55. The summed E-state index contributed by atoms with van der Waals surface area (Å²) in [4.78, 5) is 39.4. The summed E-state index contributed by atoms with van der Waals surface area (Å²) in [6.45, 7) is 2.23. The number of amides is 2. The Bertz CT molecular complexity index is 813. The number of nitrogens with one attached hydrogen (secondary N) is 2. The Morgan fingerprint density at radius 2 is 2.17 bits per heavy atom. The van der Waals surface area contributed by atoms with Crippen LogP contribution in [0.25, 0.3) is 0 Å². The molecule has 8 heteroatoms. The Balaban J connectivity index is 1.60. The van der Waals surface area contributed by atoms with Crippen molar-refractivity contribution in [3.63, 3.8) is 0 Å². The van der Waals surface area contributed by atoms with Gasteiger partial charge in [0, 0.05) is 24.0 Å². The van der Waals surface area contributed by atoms with Crippen LogP contribution < -0.4 is 19.8 Å². The minimum atomic E-state index is -0.571. The van der Waals surface area contributed by atoms with Crippen LogP contribution in [0.3, 0.4) is 0 Å². The van der Waals surface area contributed by atoms with Crippen molar-refractivity contribution in [1.29, 1.82) is 0 Å². The third-order valence-electron chi connectivity index (χ3n) is 3.68. The average Bonchev–Trinajstić information content (AvgIpc) is 2.99. The van der Waals surface area contributed by atoms with Crippen molar-refractivity contribution in [1.82, 2.24) is 10.3 Å². The predicted molar refractivity (Wildman–Crippen MR) is 90.3 cm³/mol. The van der Waals surface area contributed by atoms with E-state index < -0.39 is 6.10 Å². The van der Waals surface area contributed by atoms with Gasteiger partial charge in [-0.05, 0) is 19.1 Å². The van der Waals surface area contributed by atoms with Gasteiger partial charge in [-0.25, -0.2) is 0 Å². The molecule has 3 rings (SSSR count). The van der Waals surface area contributed by atoms with Gasteiger partial charge in [-0.2, -0.15) is 0 Å². The van der Waals surface area contributed by atoms with Gasteiger partial charge >= 0.3 is 4.87 Å². The lowest BCUT2D eigenvalue weighted by Gasteiger charge is -2.32. The van der Waals surface area contributed by atoms with E-state index in [9.17, 15) is 14.4 Å². The van der Waals surface area contributed by atoms with Gasteiger partial charge in [0.25, 0.3) is 5.91 Å². The van der Waals surface area contributed by atoms with E-state index in [0.29, 0.717) is 17.1 Å². The molecule has 0 aliphatic carbocycles. The number of carbonyl (C=O) groups is 2. The fourth-order valence-electron chi connectivity index (χ4n) is 2.49. The summed E-state index contributed by atoms with van der Waals surface area (Å²) >= 11 is 1.06. The van der Waals surface area contributed by atoms with Crippen molar-refractivity contribution in [3.8, 4) is 5.75 Å². The van der Waals surface area contributed by atoms with Gasteiger partial charge in [-0.15, -0.1) is 0 Å². The molecule has 2 aromatic rings. The topological polar surface area (TPSA) is 91.5 Å². The highest BCUT2D eigenvalue weighted by Crippen LogP contribution is 2.33. The summed E-state index contributed by atoms with van der Waals surface area (Å²) in [5, 5.41) is 4.40. The van der Waals surface area contributed by atoms with E-state index in [-0.39, 0.29) is 36.2 Å². The number of anilines is 1. The summed E-state index contributed by atoms with van der Waals surface area (Å²) in [7, 11) is 0. The van der Waals surface area contributed by atoms with Crippen molar-refractivity contribution in [2.24, 2.45) is 0 Å². The monoisotopic (exact) mass is 347 g/mol. The number of aromatic amines is 1. The van der Waals surface area contributed by atoms with Crippen LogP contribution in [0.15, 0.2) is 34.4 Å². The van der Waals surface area contributed by atoms with Crippen molar-refractivity contribution in [2.75, 3.05) is 11.4 Å². The fraction of sp³-hybridized carbons (Fsp3) is 0.312. The average molecular weight is 347 g/mol. The van der Waals surface area contributed by atoms with Crippen LogP contribution in [0, 0.1) is 0 Å². The SMILES string of the molecule is C[C@H]1Oc2ccccc2N(CCC(=O)NCc2csc(=O)[nH]2)C1=O. The number of hydrogen-bond donors (Lipinski definition) is 2. The van der Waals surface area contributed by atoms with Crippen LogP contribution >= 0.6 is 11.3 Å². The summed E-state index contributed by atoms with van der Waals surface area (Å²) in [5.74, 6) is 0.288. The molecule has 0 spiro atoms. The van der Waals surface area contributed by atoms with Crippen molar-refractivity contribution in [3.05, 3.63) is 45.0 Å². The van der Waals surface area contributed by atoms with Gasteiger partial charge in [-0.1, -0.05) is 23.5 Å². The summed E-state index contributed by atoms with van der Waals surface area (Å²) in [6.07, 6.45) is -0.403. The van der Waals surface area contributed by atoms with Crippen LogP contribution in [0.1, 0.15) is 19.0 Å². The zero-order valence-electron chi connectivity index (χ0n) is 13.1. The number of hydrogen-bond acceptors (Lipinski definition) is 5. The molecular weight excluding hydrogens is 330 g/mol. The van der Waals surface area contributed by atoms with Crippen molar-refractivity contribution >= 4 is 28.8 Å². The second kappa shape index (κ2) is 6.88. The van der Waals surface area contributed by atoms with E-state index in [4.69, 9.17) is 4.74 Å². The number of carbonyl (C=O) groups excluding carboxylic acids is 2. The largest absolute Gasteiger partial charge is 0.479 e. The molecule has 0 radical (unpaired) electrons. The first-order chi connectivity index (χ1) is 11.5. The highest BCUT2D eigenvalue weighted by atomic mass is 32.1. The van der Waals surface area contributed by atoms with Gasteiger partial charge in [0.15, 0.2) is 6.10 Å². The van der Waals surface area contributed by atoms with Crippen LogP contribution in [0.2, 0.25) is 0 Å². The molecule has 0 bridgehead atoms. The maximum Gasteiger partial charge on any atom is 0.304 e. The Hall–Kier alpha value is -2.61. The van der Waals surface area contributed by atoms with Crippen molar-refractivity contribution < 1.29 is 14.3 Å². The molecule has 2 heterocycles. The van der Waals surface area contributed by atoms with E-state index in [1.807, 2.05) is 12.1 Å². The van der Waals surface area contributed by atoms with E-state index in [1.54, 1.807) is 29.3 Å². The molecule has 2 amide bonds. The molecule has 2 N–H and O–H groups in total. The molecule has 1 atom stereocenters. The lowest BCUT2D eigenvalue weighted by molar-refractivity contribution is -0.125. The maximum absolute atomic E-state index is 12.3. The van der Waals surface area contributed by atoms with E-state index >= 15 is 0 Å². The Morgan fingerprint density at radius 1 is 1.38 bits per heavy atom. The molecular formula is C16H17N3O4S.